The van der Waals surface area contributed by atoms with E-state index >= 15 is 0 Å². The molecule has 28 heavy (non-hydrogen) atoms. The molecule has 8 nitrogen and oxygen atoms in total. The zero-order valence-electron chi connectivity index (χ0n) is 16.1. The van der Waals surface area contributed by atoms with Gasteiger partial charge in [-0.2, -0.15) is 0 Å². The van der Waals surface area contributed by atoms with Crippen molar-refractivity contribution in [2.75, 3.05) is 25.3 Å². The van der Waals surface area contributed by atoms with Gasteiger partial charge >= 0.3 is 0 Å². The second-order valence-electron chi connectivity index (χ2n) is 5.72. The Kier molecular flexibility index (Phi) is 6.53. The Hall–Kier alpha value is -2.59. The van der Waals surface area contributed by atoms with E-state index in [1.165, 1.54) is 23.1 Å². The van der Waals surface area contributed by atoms with Crippen LogP contribution >= 0.6 is 23.1 Å². The Balaban J connectivity index is 1.63. The molecule has 0 radical (unpaired) electrons. The van der Waals surface area contributed by atoms with Crippen LogP contribution in [0.3, 0.4) is 0 Å². The van der Waals surface area contributed by atoms with Gasteiger partial charge in [0.05, 0.1) is 25.7 Å². The first-order chi connectivity index (χ1) is 13.5. The van der Waals surface area contributed by atoms with Crippen LogP contribution in [0.5, 0.6) is 11.5 Å². The van der Waals surface area contributed by atoms with Crippen LogP contribution in [0, 0.1) is 6.92 Å². The predicted molar refractivity (Wildman–Crippen MR) is 110 cm³/mol. The highest BCUT2D eigenvalue weighted by molar-refractivity contribution is 7.99. The third-order valence-corrected chi connectivity index (χ3v) is 5.70. The van der Waals surface area contributed by atoms with E-state index < -0.39 is 0 Å². The molecular weight excluding hydrogens is 398 g/mol. The molecule has 0 aliphatic carbocycles. The van der Waals surface area contributed by atoms with Gasteiger partial charge in [0.2, 0.25) is 5.91 Å². The molecule has 0 spiro atoms. The molecule has 0 unspecified atom stereocenters. The van der Waals surface area contributed by atoms with Gasteiger partial charge in [-0.05, 0) is 32.0 Å². The minimum atomic E-state index is -0.137. The average molecular weight is 420 g/mol. The second-order valence-corrected chi connectivity index (χ2v) is 7.52. The van der Waals surface area contributed by atoms with E-state index in [1.54, 1.807) is 14.2 Å². The second kappa shape index (κ2) is 9.07. The fourth-order valence-electron chi connectivity index (χ4n) is 2.58. The third-order valence-electron chi connectivity index (χ3n) is 3.98. The molecule has 1 amide bonds. The normalized spacial score (nSPS) is 10.7. The van der Waals surface area contributed by atoms with Crippen LogP contribution < -0.4 is 14.8 Å². The lowest BCUT2D eigenvalue weighted by Gasteiger charge is -2.08. The number of aryl methyl sites for hydroxylation is 1. The van der Waals surface area contributed by atoms with E-state index in [0.717, 1.165) is 28.8 Å². The number of ether oxygens (including phenoxy) is 2. The molecule has 1 N–H and O–H groups in total. The molecule has 0 bridgehead atoms. The smallest absolute Gasteiger partial charge is 0.236 e. The van der Waals surface area contributed by atoms with Gasteiger partial charge in [0.25, 0.3) is 0 Å². The van der Waals surface area contributed by atoms with Crippen molar-refractivity contribution in [3.63, 3.8) is 0 Å². The summed E-state index contributed by atoms with van der Waals surface area (Å²) in [5.41, 5.74) is 1.64. The molecule has 2 heterocycles. The van der Waals surface area contributed by atoms with E-state index in [2.05, 4.69) is 20.5 Å². The summed E-state index contributed by atoms with van der Waals surface area (Å²) >= 11 is 2.73. The van der Waals surface area contributed by atoms with Gasteiger partial charge in [0.1, 0.15) is 5.82 Å². The highest BCUT2D eigenvalue weighted by Gasteiger charge is 2.13. The molecule has 0 atom stereocenters. The van der Waals surface area contributed by atoms with Crippen LogP contribution in [0.25, 0.3) is 11.3 Å². The minimum Gasteiger partial charge on any atom is -0.493 e. The first kappa shape index (κ1) is 20.2. The Morgan fingerprint density at radius 3 is 2.75 bits per heavy atom. The molecule has 148 valence electrons. The van der Waals surface area contributed by atoms with E-state index in [1.807, 2.05) is 42.0 Å². The molecule has 0 saturated carbocycles. The van der Waals surface area contributed by atoms with E-state index in [9.17, 15) is 4.79 Å². The summed E-state index contributed by atoms with van der Waals surface area (Å²) in [6, 6.07) is 5.58. The van der Waals surface area contributed by atoms with Crippen molar-refractivity contribution < 1.29 is 14.3 Å². The number of amides is 1. The number of aromatic nitrogens is 4. The fourth-order valence-corrected chi connectivity index (χ4v) is 4.16. The Labute approximate surface area is 171 Å². The maximum atomic E-state index is 12.3. The molecule has 3 aromatic rings. The monoisotopic (exact) mass is 419 g/mol. The zero-order valence-corrected chi connectivity index (χ0v) is 17.7. The van der Waals surface area contributed by atoms with Crippen molar-refractivity contribution in [3.05, 3.63) is 29.4 Å². The molecule has 0 saturated heterocycles. The third kappa shape index (κ3) is 4.45. The number of thioether (sulfide) groups is 1. The van der Waals surface area contributed by atoms with Gasteiger partial charge in [-0.25, -0.2) is 4.98 Å². The highest BCUT2D eigenvalue weighted by atomic mass is 32.2. The first-order valence-corrected chi connectivity index (χ1v) is 10.4. The van der Waals surface area contributed by atoms with Crippen LogP contribution in [0.2, 0.25) is 0 Å². The number of carbonyl (C=O) groups excluding carboxylic acids is 1. The topological polar surface area (TPSA) is 91.2 Å². The predicted octanol–water partition coefficient (Wildman–Crippen LogP) is 3.48. The largest absolute Gasteiger partial charge is 0.493 e. The van der Waals surface area contributed by atoms with Crippen LogP contribution in [0.15, 0.2) is 28.7 Å². The number of nitrogens with zero attached hydrogens (tertiary/aromatic N) is 4. The molecular formula is C18H21N5O3S2. The van der Waals surface area contributed by atoms with Gasteiger partial charge in [0, 0.05) is 17.5 Å². The van der Waals surface area contributed by atoms with Crippen LogP contribution in [0.4, 0.5) is 5.13 Å². The van der Waals surface area contributed by atoms with Gasteiger partial charge in [-0.1, -0.05) is 11.8 Å². The molecule has 2 aromatic heterocycles. The molecule has 0 aliphatic heterocycles. The molecule has 3 rings (SSSR count). The number of benzene rings is 1. The number of methoxy groups -OCH3 is 2. The number of carbonyl (C=O) groups is 1. The van der Waals surface area contributed by atoms with Crippen molar-refractivity contribution in [1.82, 2.24) is 19.7 Å². The maximum absolute atomic E-state index is 12.3. The van der Waals surface area contributed by atoms with Crippen molar-refractivity contribution >= 4 is 34.1 Å². The Bertz CT molecular complexity index is 970. The van der Waals surface area contributed by atoms with E-state index in [-0.39, 0.29) is 11.7 Å². The number of hydrogen-bond acceptors (Lipinski definition) is 8. The highest BCUT2D eigenvalue weighted by Crippen LogP contribution is 2.33. The number of nitrogens with one attached hydrogen (secondary N) is 1. The average Bonchev–Trinajstić information content (AvgIpc) is 3.31. The summed E-state index contributed by atoms with van der Waals surface area (Å²) in [4.78, 5) is 16.8. The van der Waals surface area contributed by atoms with Gasteiger partial charge in [0.15, 0.2) is 21.8 Å². The lowest BCUT2D eigenvalue weighted by Crippen LogP contribution is -2.14. The van der Waals surface area contributed by atoms with Crippen molar-refractivity contribution in [3.8, 4) is 22.8 Å². The fraction of sp³-hybridized carbons (Fsp3) is 0.333. The molecule has 0 aliphatic rings. The van der Waals surface area contributed by atoms with E-state index in [4.69, 9.17) is 9.47 Å². The minimum absolute atomic E-state index is 0.137. The summed E-state index contributed by atoms with van der Waals surface area (Å²) in [6.07, 6.45) is 0. The van der Waals surface area contributed by atoms with Crippen molar-refractivity contribution in [2.24, 2.45) is 0 Å². The number of rotatable bonds is 8. The SMILES string of the molecule is CCn1c(C)nnc1SCC(=O)Nc1nc(-c2ccc(OC)c(OC)c2)cs1. The quantitative estimate of drug-likeness (QED) is 0.559. The summed E-state index contributed by atoms with van der Waals surface area (Å²) in [7, 11) is 3.18. The van der Waals surface area contributed by atoms with Crippen LogP contribution in [-0.2, 0) is 11.3 Å². The number of hydrogen-bond donors (Lipinski definition) is 1. The maximum Gasteiger partial charge on any atom is 0.236 e. The van der Waals surface area contributed by atoms with Gasteiger partial charge in [-0.15, -0.1) is 21.5 Å². The zero-order chi connectivity index (χ0) is 20.1. The van der Waals surface area contributed by atoms with Crippen LogP contribution in [0.1, 0.15) is 12.7 Å². The number of thiazole rings is 1. The first-order valence-electron chi connectivity index (χ1n) is 8.56. The lowest BCUT2D eigenvalue weighted by atomic mass is 10.1. The van der Waals surface area contributed by atoms with Crippen molar-refractivity contribution in [2.45, 2.75) is 25.5 Å². The van der Waals surface area contributed by atoms with Crippen LogP contribution in [-0.4, -0.2) is 45.6 Å². The standard InChI is InChI=1S/C18H21N5O3S2/c1-5-23-11(2)21-22-18(23)28-10-16(24)20-17-19-13(9-27-17)12-6-7-14(25-3)15(8-12)26-4/h6-9H,5,10H2,1-4H3,(H,19,20,24). The summed E-state index contributed by atoms with van der Waals surface area (Å²) in [5, 5.41) is 14.1. The molecule has 0 fully saturated rings. The summed E-state index contributed by atoms with van der Waals surface area (Å²) in [6.45, 7) is 4.68. The molecule has 10 heteroatoms. The summed E-state index contributed by atoms with van der Waals surface area (Å²) < 4.78 is 12.6. The van der Waals surface area contributed by atoms with Crippen molar-refractivity contribution in [1.29, 1.82) is 0 Å². The van der Waals surface area contributed by atoms with Gasteiger partial charge in [-0.3, -0.25) is 4.79 Å². The van der Waals surface area contributed by atoms with E-state index in [0.29, 0.717) is 16.6 Å². The van der Waals surface area contributed by atoms with Gasteiger partial charge < -0.3 is 19.4 Å². The Morgan fingerprint density at radius 2 is 2.04 bits per heavy atom. The Morgan fingerprint density at radius 1 is 1.25 bits per heavy atom. The molecule has 1 aromatic carbocycles. The number of anilines is 1. The summed E-state index contributed by atoms with van der Waals surface area (Å²) in [5.74, 6) is 2.22. The lowest BCUT2D eigenvalue weighted by molar-refractivity contribution is -0.113.